The number of nitrogens with zero attached hydrogens (tertiary/aromatic N) is 1. The van der Waals surface area contributed by atoms with E-state index in [-0.39, 0.29) is 12.4 Å². The number of hydrogen-bond donors (Lipinski definition) is 0. The predicted octanol–water partition coefficient (Wildman–Crippen LogP) is 3.42. The van der Waals surface area contributed by atoms with E-state index >= 15 is 0 Å². The van der Waals surface area contributed by atoms with E-state index in [1.54, 1.807) is 12.1 Å². The molecule has 0 amide bonds. The van der Waals surface area contributed by atoms with E-state index in [1.165, 1.54) is 30.3 Å². The second-order valence-corrected chi connectivity index (χ2v) is 3.63. The molecule has 0 aliphatic rings. The standard InChI is InChI=1S/C14H9F2NO/c15-12-6-5-10(8-17)11(7-12)9-18-14-4-2-1-3-13(14)16/h1-7H,9H2. The van der Waals surface area contributed by atoms with Crippen LogP contribution in [-0.4, -0.2) is 0 Å². The molecule has 2 aromatic rings. The third kappa shape index (κ3) is 2.64. The van der Waals surface area contributed by atoms with Crippen molar-refractivity contribution in [3.8, 4) is 11.8 Å². The van der Waals surface area contributed by atoms with Crippen LogP contribution in [0.3, 0.4) is 0 Å². The van der Waals surface area contributed by atoms with Crippen molar-refractivity contribution in [1.29, 1.82) is 5.26 Å². The van der Waals surface area contributed by atoms with E-state index < -0.39 is 11.6 Å². The smallest absolute Gasteiger partial charge is 0.165 e. The van der Waals surface area contributed by atoms with E-state index in [0.29, 0.717) is 11.1 Å². The highest BCUT2D eigenvalue weighted by Crippen LogP contribution is 2.18. The molecule has 0 aliphatic heterocycles. The van der Waals surface area contributed by atoms with E-state index in [0.717, 1.165) is 0 Å². The largest absolute Gasteiger partial charge is 0.486 e. The molecule has 0 aliphatic carbocycles. The Balaban J connectivity index is 2.18. The van der Waals surface area contributed by atoms with Gasteiger partial charge in [-0.05, 0) is 30.3 Å². The Hall–Kier alpha value is -2.41. The molecule has 0 fully saturated rings. The Labute approximate surface area is 103 Å². The quantitative estimate of drug-likeness (QED) is 0.830. The molecule has 2 nitrogen and oxygen atoms in total. The topological polar surface area (TPSA) is 33.0 Å². The maximum absolute atomic E-state index is 13.3. The molecule has 0 aromatic heterocycles. The summed E-state index contributed by atoms with van der Waals surface area (Å²) in [5, 5.41) is 8.86. The fraction of sp³-hybridized carbons (Fsp3) is 0.0714. The van der Waals surface area contributed by atoms with E-state index in [2.05, 4.69) is 0 Å². The van der Waals surface area contributed by atoms with Crippen LogP contribution in [0.15, 0.2) is 42.5 Å². The lowest BCUT2D eigenvalue weighted by molar-refractivity contribution is 0.289. The number of hydrogen-bond acceptors (Lipinski definition) is 2. The van der Waals surface area contributed by atoms with Crippen LogP contribution < -0.4 is 4.74 Å². The second kappa shape index (κ2) is 5.28. The molecule has 0 unspecified atom stereocenters. The highest BCUT2D eigenvalue weighted by Gasteiger charge is 2.06. The van der Waals surface area contributed by atoms with Crippen LogP contribution in [0.1, 0.15) is 11.1 Å². The fourth-order valence-electron chi connectivity index (χ4n) is 1.51. The van der Waals surface area contributed by atoms with Crippen LogP contribution >= 0.6 is 0 Å². The summed E-state index contributed by atoms with van der Waals surface area (Å²) < 4.78 is 31.6. The van der Waals surface area contributed by atoms with Gasteiger partial charge in [0.15, 0.2) is 11.6 Å². The predicted molar refractivity (Wildman–Crippen MR) is 61.8 cm³/mol. The van der Waals surface area contributed by atoms with Crippen molar-refractivity contribution in [3.05, 3.63) is 65.2 Å². The summed E-state index contributed by atoms with van der Waals surface area (Å²) in [4.78, 5) is 0. The third-order valence-corrected chi connectivity index (χ3v) is 2.41. The van der Waals surface area contributed by atoms with Crippen molar-refractivity contribution in [1.82, 2.24) is 0 Å². The first-order valence-electron chi connectivity index (χ1n) is 5.26. The zero-order valence-corrected chi connectivity index (χ0v) is 9.36. The monoisotopic (exact) mass is 245 g/mol. The van der Waals surface area contributed by atoms with Crippen LogP contribution in [0.5, 0.6) is 5.75 Å². The molecule has 0 atom stereocenters. The minimum atomic E-state index is -0.493. The Morgan fingerprint density at radius 2 is 1.89 bits per heavy atom. The van der Waals surface area contributed by atoms with Gasteiger partial charge in [-0.3, -0.25) is 0 Å². The minimum Gasteiger partial charge on any atom is -0.486 e. The van der Waals surface area contributed by atoms with Gasteiger partial charge in [-0.25, -0.2) is 8.78 Å². The average molecular weight is 245 g/mol. The van der Waals surface area contributed by atoms with E-state index in [4.69, 9.17) is 10.00 Å². The molecule has 2 aromatic carbocycles. The van der Waals surface area contributed by atoms with Crippen molar-refractivity contribution in [2.75, 3.05) is 0 Å². The van der Waals surface area contributed by atoms with Crippen LogP contribution in [0.25, 0.3) is 0 Å². The number of halogens is 2. The van der Waals surface area contributed by atoms with Crippen molar-refractivity contribution < 1.29 is 13.5 Å². The lowest BCUT2D eigenvalue weighted by Crippen LogP contribution is -2.00. The van der Waals surface area contributed by atoms with Gasteiger partial charge >= 0.3 is 0 Å². The number of benzene rings is 2. The van der Waals surface area contributed by atoms with Gasteiger partial charge < -0.3 is 4.74 Å². The molecular weight excluding hydrogens is 236 g/mol. The Morgan fingerprint density at radius 3 is 2.61 bits per heavy atom. The SMILES string of the molecule is N#Cc1ccc(F)cc1COc1ccccc1F. The first kappa shape index (κ1) is 12.1. The zero-order chi connectivity index (χ0) is 13.0. The van der Waals surface area contributed by atoms with Crippen LogP contribution in [-0.2, 0) is 6.61 Å². The summed E-state index contributed by atoms with van der Waals surface area (Å²) in [5.74, 6) is -0.876. The lowest BCUT2D eigenvalue weighted by Gasteiger charge is -2.08. The number of para-hydroxylation sites is 1. The molecule has 18 heavy (non-hydrogen) atoms. The molecular formula is C14H9F2NO. The summed E-state index contributed by atoms with van der Waals surface area (Å²) in [7, 11) is 0. The summed E-state index contributed by atoms with van der Waals surface area (Å²) in [6, 6.07) is 11.6. The van der Waals surface area contributed by atoms with Gasteiger partial charge in [-0.2, -0.15) is 5.26 Å². The van der Waals surface area contributed by atoms with Crippen LogP contribution in [0.4, 0.5) is 8.78 Å². The zero-order valence-electron chi connectivity index (χ0n) is 9.36. The van der Waals surface area contributed by atoms with Crippen molar-refractivity contribution in [2.24, 2.45) is 0 Å². The maximum atomic E-state index is 13.3. The molecule has 90 valence electrons. The minimum absolute atomic E-state index is 0.0540. The van der Waals surface area contributed by atoms with Gasteiger partial charge in [0.05, 0.1) is 11.6 Å². The Kier molecular flexibility index (Phi) is 3.54. The Morgan fingerprint density at radius 1 is 1.11 bits per heavy atom. The Bertz CT molecular complexity index is 605. The van der Waals surface area contributed by atoms with Gasteiger partial charge in [0.25, 0.3) is 0 Å². The van der Waals surface area contributed by atoms with Crippen LogP contribution in [0, 0.1) is 23.0 Å². The summed E-state index contributed by atoms with van der Waals surface area (Å²) in [6.07, 6.45) is 0. The maximum Gasteiger partial charge on any atom is 0.165 e. The van der Waals surface area contributed by atoms with Crippen molar-refractivity contribution >= 4 is 0 Å². The van der Waals surface area contributed by atoms with Gasteiger partial charge in [0.2, 0.25) is 0 Å². The van der Waals surface area contributed by atoms with E-state index in [9.17, 15) is 8.78 Å². The summed E-state index contributed by atoms with van der Waals surface area (Å²) in [6.45, 7) is -0.0540. The molecule has 0 N–H and O–H groups in total. The number of ether oxygens (including phenoxy) is 1. The first-order valence-corrected chi connectivity index (χ1v) is 5.26. The number of nitriles is 1. The first-order chi connectivity index (χ1) is 8.70. The highest BCUT2D eigenvalue weighted by atomic mass is 19.1. The third-order valence-electron chi connectivity index (χ3n) is 2.41. The molecule has 4 heteroatoms. The summed E-state index contributed by atoms with van der Waals surface area (Å²) in [5.41, 5.74) is 0.702. The van der Waals surface area contributed by atoms with Crippen LogP contribution in [0.2, 0.25) is 0 Å². The van der Waals surface area contributed by atoms with Gasteiger partial charge in [-0.1, -0.05) is 12.1 Å². The van der Waals surface area contributed by atoms with Gasteiger partial charge in [-0.15, -0.1) is 0 Å². The molecule has 0 saturated heterocycles. The molecule has 2 rings (SSSR count). The average Bonchev–Trinajstić information content (AvgIpc) is 2.38. The molecule has 0 radical (unpaired) electrons. The van der Waals surface area contributed by atoms with Gasteiger partial charge in [0, 0.05) is 5.56 Å². The van der Waals surface area contributed by atoms with Gasteiger partial charge in [0.1, 0.15) is 12.4 Å². The highest BCUT2D eigenvalue weighted by molar-refractivity contribution is 5.38. The normalized spacial score (nSPS) is 9.83. The second-order valence-electron chi connectivity index (χ2n) is 3.63. The van der Waals surface area contributed by atoms with Crippen molar-refractivity contribution in [2.45, 2.75) is 6.61 Å². The van der Waals surface area contributed by atoms with Crippen molar-refractivity contribution in [3.63, 3.8) is 0 Å². The lowest BCUT2D eigenvalue weighted by atomic mass is 10.1. The molecule has 0 spiro atoms. The fourth-order valence-corrected chi connectivity index (χ4v) is 1.51. The molecule has 0 heterocycles. The molecule has 0 bridgehead atoms. The molecule has 0 saturated carbocycles. The summed E-state index contributed by atoms with van der Waals surface area (Å²) >= 11 is 0. The van der Waals surface area contributed by atoms with E-state index in [1.807, 2.05) is 6.07 Å². The number of rotatable bonds is 3.